The molecular formula is C2H2N6O3. The Morgan fingerprint density at radius 3 is 2.91 bits per heavy atom. The molecule has 9 nitrogen and oxygen atoms in total. The van der Waals surface area contributed by atoms with E-state index in [1.807, 2.05) is 5.21 Å². The number of tetrazole rings is 1. The van der Waals surface area contributed by atoms with Gasteiger partial charge in [0, 0.05) is 0 Å². The molecule has 58 valence electrons. The van der Waals surface area contributed by atoms with E-state index in [9.17, 15) is 14.9 Å². The lowest BCUT2D eigenvalue weighted by molar-refractivity contribution is -0.527. The summed E-state index contributed by atoms with van der Waals surface area (Å²) >= 11 is 0. The van der Waals surface area contributed by atoms with Crippen LogP contribution in [0.15, 0.2) is 0 Å². The first kappa shape index (κ1) is 7.05. The molecule has 0 bridgehead atoms. The van der Waals surface area contributed by atoms with Gasteiger partial charge in [0.25, 0.3) is 5.82 Å². The zero-order valence-corrected chi connectivity index (χ0v) is 5.01. The summed E-state index contributed by atoms with van der Waals surface area (Å²) in [7, 11) is 0. The van der Waals surface area contributed by atoms with E-state index in [0.717, 1.165) is 0 Å². The lowest BCUT2D eigenvalue weighted by Gasteiger charge is -1.87. The zero-order valence-electron chi connectivity index (χ0n) is 5.01. The van der Waals surface area contributed by atoms with Crippen molar-refractivity contribution in [1.29, 1.82) is 0 Å². The Labute approximate surface area is 58.9 Å². The number of carbonyl (C=O) groups excluding carboxylic acids is 1. The van der Waals surface area contributed by atoms with Gasteiger partial charge in [-0.05, 0) is 5.21 Å². The number of nitrogens with one attached hydrogen (secondary N) is 2. The Kier molecular flexibility index (Phi) is 1.72. The number of rotatable bonds is 2. The highest BCUT2D eigenvalue weighted by Crippen LogP contribution is 1.80. The highest BCUT2D eigenvalue weighted by Gasteiger charge is 2.14. The first-order valence-corrected chi connectivity index (χ1v) is 2.39. The summed E-state index contributed by atoms with van der Waals surface area (Å²) in [6.45, 7) is 0. The van der Waals surface area contributed by atoms with Crippen LogP contribution in [0.25, 0.3) is 0 Å². The van der Waals surface area contributed by atoms with Gasteiger partial charge < -0.3 is 0 Å². The molecule has 0 atom stereocenters. The fourth-order valence-corrected chi connectivity index (χ4v) is 0.391. The van der Waals surface area contributed by atoms with Gasteiger partial charge in [-0.25, -0.2) is 10.1 Å². The largest absolute Gasteiger partial charge is 0.351 e. The fourth-order valence-electron chi connectivity index (χ4n) is 0.391. The molecule has 1 heterocycles. The summed E-state index contributed by atoms with van der Waals surface area (Å²) in [5, 5.41) is 20.1. The molecule has 0 radical (unpaired) electrons. The first-order valence-electron chi connectivity index (χ1n) is 2.39. The second kappa shape index (κ2) is 2.68. The molecule has 11 heavy (non-hydrogen) atoms. The van der Waals surface area contributed by atoms with Gasteiger partial charge in [-0.3, -0.25) is 4.79 Å². The van der Waals surface area contributed by atoms with Crippen LogP contribution in [0, 0.1) is 10.1 Å². The van der Waals surface area contributed by atoms with Gasteiger partial charge in [0.1, 0.15) is 0 Å². The third-order valence-corrected chi connectivity index (χ3v) is 0.741. The maximum Gasteiger partial charge on any atom is 0.351 e. The highest BCUT2D eigenvalue weighted by atomic mass is 16.7. The Bertz CT molecular complexity index is 265. The molecule has 0 saturated heterocycles. The number of aromatic nitrogens is 4. The van der Waals surface area contributed by atoms with Gasteiger partial charge in [0.2, 0.25) is 0 Å². The van der Waals surface area contributed by atoms with Crippen molar-refractivity contribution < 1.29 is 9.83 Å². The molecule has 1 amide bonds. The lowest BCUT2D eigenvalue weighted by atomic mass is 10.6. The van der Waals surface area contributed by atoms with Gasteiger partial charge in [0.05, 0.1) is 0 Å². The van der Waals surface area contributed by atoms with Crippen LogP contribution in [0.2, 0.25) is 0 Å². The molecule has 1 aromatic rings. The van der Waals surface area contributed by atoms with Crippen LogP contribution in [0.3, 0.4) is 0 Å². The predicted octanol–water partition coefficient (Wildman–Crippen LogP) is -1.88. The number of H-pyrrole nitrogens is 1. The van der Waals surface area contributed by atoms with Crippen LogP contribution >= 0.6 is 0 Å². The average molecular weight is 158 g/mol. The topological polar surface area (TPSA) is 127 Å². The SMILES string of the molecule is O=C(N[N+](=O)[O-])c1nn[nH]n1. The van der Waals surface area contributed by atoms with E-state index < -0.39 is 10.9 Å². The molecule has 0 aliphatic carbocycles. The fraction of sp³-hybridized carbons (Fsp3) is 0. The van der Waals surface area contributed by atoms with Crippen molar-refractivity contribution >= 4 is 5.91 Å². The third-order valence-electron chi connectivity index (χ3n) is 0.741. The van der Waals surface area contributed by atoms with Gasteiger partial charge in [-0.15, -0.1) is 10.2 Å². The average Bonchev–Trinajstić information content (AvgIpc) is 2.35. The van der Waals surface area contributed by atoms with E-state index in [-0.39, 0.29) is 5.82 Å². The third kappa shape index (κ3) is 1.67. The van der Waals surface area contributed by atoms with Gasteiger partial charge in [-0.2, -0.15) is 5.21 Å². The molecule has 2 N–H and O–H groups in total. The van der Waals surface area contributed by atoms with Crippen LogP contribution in [0.5, 0.6) is 0 Å². The van der Waals surface area contributed by atoms with Crippen LogP contribution in [0.4, 0.5) is 0 Å². The number of aromatic amines is 1. The van der Waals surface area contributed by atoms with Crippen molar-refractivity contribution in [3.05, 3.63) is 15.9 Å². The summed E-state index contributed by atoms with van der Waals surface area (Å²) in [5.41, 5.74) is 1.34. The maximum atomic E-state index is 10.6. The lowest BCUT2D eigenvalue weighted by Crippen LogP contribution is -2.30. The van der Waals surface area contributed by atoms with Crippen LogP contribution in [-0.2, 0) is 0 Å². The minimum atomic E-state index is -1.01. The normalized spacial score (nSPS) is 9.09. The molecule has 0 aromatic carbocycles. The quantitative estimate of drug-likeness (QED) is 0.383. The monoisotopic (exact) mass is 158 g/mol. The number of hydrazine groups is 1. The minimum Gasteiger partial charge on any atom is -0.259 e. The number of nitro groups is 1. The molecule has 1 rings (SSSR count). The number of hydrogen-bond acceptors (Lipinski definition) is 6. The van der Waals surface area contributed by atoms with Crippen LogP contribution < -0.4 is 5.43 Å². The van der Waals surface area contributed by atoms with Gasteiger partial charge >= 0.3 is 5.91 Å². The number of nitrogens with zero attached hydrogens (tertiary/aromatic N) is 4. The van der Waals surface area contributed by atoms with Crippen molar-refractivity contribution in [2.45, 2.75) is 0 Å². The highest BCUT2D eigenvalue weighted by molar-refractivity contribution is 5.88. The van der Waals surface area contributed by atoms with E-state index in [0.29, 0.717) is 0 Å². The number of amides is 1. The van der Waals surface area contributed by atoms with Crippen molar-refractivity contribution in [3.63, 3.8) is 0 Å². The van der Waals surface area contributed by atoms with Gasteiger partial charge in [0.15, 0.2) is 5.03 Å². The van der Waals surface area contributed by atoms with E-state index in [2.05, 4.69) is 15.4 Å². The van der Waals surface area contributed by atoms with Crippen LogP contribution in [0.1, 0.15) is 10.6 Å². The smallest absolute Gasteiger partial charge is 0.259 e. The summed E-state index contributed by atoms with van der Waals surface area (Å²) in [6.07, 6.45) is 0. The van der Waals surface area contributed by atoms with E-state index in [1.165, 1.54) is 5.43 Å². The van der Waals surface area contributed by atoms with Crippen molar-refractivity contribution in [1.82, 2.24) is 26.0 Å². The van der Waals surface area contributed by atoms with E-state index in [1.54, 1.807) is 0 Å². The minimum absolute atomic E-state index is 0.373. The number of hydrogen-bond donors (Lipinski definition) is 2. The molecule has 0 aliphatic heterocycles. The summed E-state index contributed by atoms with van der Waals surface area (Å²) in [5.74, 6) is -1.38. The Balaban J connectivity index is 2.64. The second-order valence-electron chi connectivity index (χ2n) is 1.43. The number of carbonyl (C=O) groups is 1. The Morgan fingerprint density at radius 2 is 2.45 bits per heavy atom. The standard InChI is InChI=1S/C2H2N6O3/c9-2(5-8(10)11)1-3-6-7-4-1/h(H,5,9)(H,3,4,6,7). The van der Waals surface area contributed by atoms with Crippen molar-refractivity contribution in [2.75, 3.05) is 0 Å². The second-order valence-corrected chi connectivity index (χ2v) is 1.43. The molecule has 9 heteroatoms. The van der Waals surface area contributed by atoms with E-state index >= 15 is 0 Å². The summed E-state index contributed by atoms with van der Waals surface area (Å²) < 4.78 is 0. The zero-order chi connectivity index (χ0) is 8.27. The summed E-state index contributed by atoms with van der Waals surface area (Å²) in [6, 6.07) is 0. The first-order chi connectivity index (χ1) is 5.20. The summed E-state index contributed by atoms with van der Waals surface area (Å²) in [4.78, 5) is 20.3. The molecule has 0 saturated carbocycles. The molecule has 0 unspecified atom stereocenters. The van der Waals surface area contributed by atoms with Crippen molar-refractivity contribution in [3.8, 4) is 0 Å². The van der Waals surface area contributed by atoms with Crippen LogP contribution in [-0.4, -0.2) is 31.6 Å². The Morgan fingerprint density at radius 1 is 1.73 bits per heavy atom. The maximum absolute atomic E-state index is 10.6. The molecule has 0 fully saturated rings. The molecular weight excluding hydrogens is 156 g/mol. The van der Waals surface area contributed by atoms with Crippen molar-refractivity contribution in [2.24, 2.45) is 0 Å². The van der Waals surface area contributed by atoms with Gasteiger partial charge in [-0.1, -0.05) is 5.43 Å². The molecule has 1 aromatic heterocycles. The van der Waals surface area contributed by atoms with E-state index in [4.69, 9.17) is 0 Å². The predicted molar refractivity (Wildman–Crippen MR) is 28.6 cm³/mol. The molecule has 0 aliphatic rings. The Hall–Kier alpha value is -2.06. The molecule has 0 spiro atoms.